The molecule has 182 valence electrons. The zero-order valence-electron chi connectivity index (χ0n) is 19.3. The molecule has 0 fully saturated rings. The third-order valence-corrected chi connectivity index (χ3v) is 7.08. The summed E-state index contributed by atoms with van der Waals surface area (Å²) in [5.74, 6) is 0.324. The Morgan fingerprint density at radius 1 is 1.11 bits per heavy atom. The number of aromatic nitrogens is 3. The van der Waals surface area contributed by atoms with Crippen molar-refractivity contribution in [3.05, 3.63) is 90.5 Å². The van der Waals surface area contributed by atoms with E-state index in [0.29, 0.717) is 12.2 Å². The molecule has 0 aliphatic carbocycles. The first-order valence-corrected chi connectivity index (χ1v) is 13.1. The fourth-order valence-electron chi connectivity index (χ4n) is 3.21. The quantitative estimate of drug-likeness (QED) is 0.202. The monoisotopic (exact) mass is 656 g/mol. The Bertz CT molecular complexity index is 1270. The first kappa shape index (κ1) is 28.2. The molecule has 2 aromatic heterocycles. The summed E-state index contributed by atoms with van der Waals surface area (Å²) in [7, 11) is 1.98. The number of benzene rings is 2. The van der Waals surface area contributed by atoms with E-state index in [4.69, 9.17) is 5.73 Å². The van der Waals surface area contributed by atoms with Crippen molar-refractivity contribution in [1.82, 2.24) is 14.5 Å². The summed E-state index contributed by atoms with van der Waals surface area (Å²) in [4.78, 5) is 22.0. The number of amides is 1. The maximum absolute atomic E-state index is 12.5. The molecule has 0 bridgehead atoms. The molecule has 4 aromatic rings. The van der Waals surface area contributed by atoms with Crippen LogP contribution in [0, 0.1) is 6.07 Å². The van der Waals surface area contributed by atoms with Crippen LogP contribution in [-0.2, 0) is 37.6 Å². The number of hydrogen-bond acceptors (Lipinski definition) is 5. The van der Waals surface area contributed by atoms with Crippen molar-refractivity contribution >= 4 is 32.4 Å². The van der Waals surface area contributed by atoms with Crippen LogP contribution in [0.2, 0.25) is 0 Å². The summed E-state index contributed by atoms with van der Waals surface area (Å²) in [6, 6.07) is 22.4. The first-order valence-electron chi connectivity index (χ1n) is 10.8. The second-order valence-electron chi connectivity index (χ2n) is 7.05. The summed E-state index contributed by atoms with van der Waals surface area (Å²) in [6.45, 7) is 4.00. The van der Waals surface area contributed by atoms with Crippen molar-refractivity contribution in [3.63, 3.8) is 0 Å². The van der Waals surface area contributed by atoms with Gasteiger partial charge < -0.3 is 0 Å². The topological polar surface area (TPSA) is 85.8 Å². The Balaban J connectivity index is 0.00000140. The van der Waals surface area contributed by atoms with E-state index >= 15 is 0 Å². The van der Waals surface area contributed by atoms with E-state index in [-0.39, 0.29) is 13.3 Å². The summed E-state index contributed by atoms with van der Waals surface area (Å²) < 4.78 is 3.15. The van der Waals surface area contributed by atoms with Gasteiger partial charge in [-0.1, -0.05) is 27.3 Å². The van der Waals surface area contributed by atoms with E-state index in [0.717, 1.165) is 36.3 Å². The van der Waals surface area contributed by atoms with Crippen LogP contribution in [-0.4, -0.2) is 23.7 Å². The second-order valence-corrected chi connectivity index (χ2v) is 10.6. The Labute approximate surface area is 222 Å². The van der Waals surface area contributed by atoms with Gasteiger partial charge in [0.05, 0.1) is 0 Å². The van der Waals surface area contributed by atoms with Crippen molar-refractivity contribution in [3.8, 4) is 11.3 Å². The molecule has 6 nitrogen and oxygen atoms in total. The Morgan fingerprint density at radius 3 is 2.57 bits per heavy atom. The van der Waals surface area contributed by atoms with Crippen LogP contribution in [0.4, 0.5) is 11.5 Å². The van der Waals surface area contributed by atoms with Gasteiger partial charge in [0.1, 0.15) is 0 Å². The number of aryl methyl sites for hydroxylation is 1. The molecule has 0 spiro atoms. The molecule has 3 N–H and O–H groups in total. The molecular formula is C27H30N5OSW-. The molecule has 0 saturated carbocycles. The average Bonchev–Trinajstić information content (AvgIpc) is 3.23. The third kappa shape index (κ3) is 7.74. The number of nitrogens with one attached hydrogen (secondary N) is 1. The van der Waals surface area contributed by atoms with Crippen molar-refractivity contribution < 1.29 is 24.1 Å². The number of hydrogen-bond donors (Lipinski definition) is 2. The van der Waals surface area contributed by atoms with Crippen molar-refractivity contribution in [2.75, 3.05) is 11.1 Å². The summed E-state index contributed by atoms with van der Waals surface area (Å²) in [5, 5.41) is 3.00. The summed E-state index contributed by atoms with van der Waals surface area (Å²) in [5.41, 5.74) is 10.3. The number of anilines is 2. The Hall–Kier alpha value is -3.02. The number of thioether (sulfide) groups is 1. The van der Waals surface area contributed by atoms with Crippen LogP contribution in [0.1, 0.15) is 32.5 Å². The van der Waals surface area contributed by atoms with E-state index in [1.165, 1.54) is 19.4 Å². The zero-order chi connectivity index (χ0) is 24.5. The van der Waals surface area contributed by atoms with Gasteiger partial charge in [-0.25, -0.2) is 0 Å². The number of carbonyl (C=O) groups excluding carboxylic acids is 1. The molecule has 4 rings (SSSR count). The first-order chi connectivity index (χ1) is 16.5. The molecule has 1 amide bonds. The number of nitrogen functional groups attached to an aromatic ring is 1. The number of imidazole rings is 1. The summed E-state index contributed by atoms with van der Waals surface area (Å²) in [6.07, 6.45) is 3.82. The normalized spacial score (nSPS) is 9.91. The van der Waals surface area contributed by atoms with E-state index in [9.17, 15) is 4.79 Å². The molecule has 8 heteroatoms. The molecule has 0 unspecified atom stereocenters. The minimum absolute atomic E-state index is 0. The molecule has 2 heterocycles. The van der Waals surface area contributed by atoms with E-state index < -0.39 is 0 Å². The van der Waals surface area contributed by atoms with Gasteiger partial charge in [-0.05, 0) is 0 Å². The molecule has 0 aliphatic rings. The van der Waals surface area contributed by atoms with E-state index in [1.54, 1.807) is 24.3 Å². The number of nitrogens with zero attached hydrogens (tertiary/aromatic N) is 3. The SMILES string of the molecule is C.CC.Cn1cnc(-c2cccc(NC(=O)Cc3ccccc3)c2)c1[C](=[W])Sc1[c-]c(N)ncc1. The number of rotatable bonds is 7. The predicted octanol–water partition coefficient (Wildman–Crippen LogP) is 5.53. The van der Waals surface area contributed by atoms with Crippen LogP contribution in [0.25, 0.3) is 11.3 Å². The number of pyridine rings is 1. The van der Waals surface area contributed by atoms with Gasteiger partial charge in [-0.2, -0.15) is 0 Å². The van der Waals surface area contributed by atoms with Crippen molar-refractivity contribution in [1.29, 1.82) is 0 Å². The van der Waals surface area contributed by atoms with Crippen LogP contribution < -0.4 is 11.1 Å². The van der Waals surface area contributed by atoms with Crippen molar-refractivity contribution in [2.45, 2.75) is 32.6 Å². The minimum atomic E-state index is -0.0526. The van der Waals surface area contributed by atoms with E-state index in [1.807, 2.05) is 86.1 Å². The Morgan fingerprint density at radius 2 is 1.86 bits per heavy atom. The zero-order valence-corrected chi connectivity index (χ0v) is 23.0. The van der Waals surface area contributed by atoms with Crippen LogP contribution in [0.3, 0.4) is 0 Å². The fourth-order valence-corrected chi connectivity index (χ4v) is 5.86. The molecular weight excluding hydrogens is 626 g/mol. The standard InChI is InChI=1S/C24H20N5OS.C2H6.CH4.W/c1-29-16-27-24(21(29)15-31-20-10-11-26-22(25)14-20)18-8-5-9-19(13-18)28-23(30)12-17-6-3-2-4-7-17;1-2;;/h2-11,13,16H,12H2,1H3,(H2,25,26)(H,28,30);1-2H3;1H4;/q-1;;;. The van der Waals surface area contributed by atoms with Crippen molar-refractivity contribution in [2.24, 2.45) is 7.05 Å². The average molecular weight is 656 g/mol. The molecule has 0 saturated heterocycles. The molecule has 2 aromatic carbocycles. The number of carbonyl (C=O) groups is 1. The molecule has 0 radical (unpaired) electrons. The third-order valence-electron chi connectivity index (χ3n) is 4.65. The van der Waals surface area contributed by atoms with Gasteiger partial charge in [0.25, 0.3) is 0 Å². The van der Waals surface area contributed by atoms with Crippen LogP contribution in [0.5, 0.6) is 0 Å². The van der Waals surface area contributed by atoms with Gasteiger partial charge in [-0.15, -0.1) is 0 Å². The van der Waals surface area contributed by atoms with Gasteiger partial charge in [0.15, 0.2) is 0 Å². The maximum atomic E-state index is 12.5. The van der Waals surface area contributed by atoms with Gasteiger partial charge >= 0.3 is 196 Å². The second kappa shape index (κ2) is 13.8. The van der Waals surface area contributed by atoms with E-state index in [2.05, 4.69) is 21.4 Å². The molecule has 35 heavy (non-hydrogen) atoms. The number of nitrogens with two attached hydrogens (primary N) is 1. The van der Waals surface area contributed by atoms with Crippen LogP contribution >= 0.6 is 11.8 Å². The molecule has 0 atom stereocenters. The fraction of sp³-hybridized carbons (Fsp3) is 0.185. The van der Waals surface area contributed by atoms with Gasteiger partial charge in [0.2, 0.25) is 0 Å². The Kier molecular flexibility index (Phi) is 11.1. The molecule has 0 aliphatic heterocycles. The summed E-state index contributed by atoms with van der Waals surface area (Å²) >= 11 is 2.91. The predicted molar refractivity (Wildman–Crippen MR) is 143 cm³/mol. The van der Waals surface area contributed by atoms with Gasteiger partial charge in [0, 0.05) is 0 Å². The van der Waals surface area contributed by atoms with Gasteiger partial charge in [-0.3, -0.25) is 0 Å². The van der Waals surface area contributed by atoms with Crippen LogP contribution in [0.15, 0.2) is 78.1 Å².